The first-order valence-corrected chi connectivity index (χ1v) is 8.62. The second kappa shape index (κ2) is 7.42. The van der Waals surface area contributed by atoms with Crippen molar-refractivity contribution in [3.63, 3.8) is 0 Å². The van der Waals surface area contributed by atoms with E-state index in [1.165, 1.54) is 4.90 Å². The lowest BCUT2D eigenvalue weighted by Crippen LogP contribution is -2.28. The van der Waals surface area contributed by atoms with E-state index in [4.69, 9.17) is 0 Å². The van der Waals surface area contributed by atoms with Crippen LogP contribution in [0.2, 0.25) is 0 Å². The van der Waals surface area contributed by atoms with E-state index >= 15 is 0 Å². The molecule has 27 heavy (non-hydrogen) atoms. The molecular weight excluding hydrogens is 357 g/mol. The number of benzene rings is 2. The molecule has 1 heterocycles. The van der Waals surface area contributed by atoms with Gasteiger partial charge < -0.3 is 10.2 Å². The van der Waals surface area contributed by atoms with Crippen LogP contribution in [0.25, 0.3) is 0 Å². The number of anilines is 2. The van der Waals surface area contributed by atoms with Crippen molar-refractivity contribution in [3.05, 3.63) is 59.4 Å². The van der Waals surface area contributed by atoms with Crippen molar-refractivity contribution in [3.8, 4) is 0 Å². The number of nitrogens with one attached hydrogen (secondary N) is 1. The molecule has 7 heteroatoms. The highest BCUT2D eigenvalue weighted by molar-refractivity contribution is 6.03. The zero-order valence-electron chi connectivity index (χ0n) is 14.9. The Hall–Kier alpha value is -2.83. The van der Waals surface area contributed by atoms with Crippen LogP contribution in [-0.2, 0) is 9.59 Å². The van der Waals surface area contributed by atoms with E-state index < -0.39 is 35.0 Å². The van der Waals surface area contributed by atoms with Crippen LogP contribution in [0.3, 0.4) is 0 Å². The van der Waals surface area contributed by atoms with E-state index in [0.717, 1.165) is 17.7 Å². The van der Waals surface area contributed by atoms with E-state index in [-0.39, 0.29) is 18.9 Å². The molecule has 2 aromatic carbocycles. The molecule has 0 radical (unpaired) electrons. The average molecular weight is 376 g/mol. The Bertz CT molecular complexity index is 882. The van der Waals surface area contributed by atoms with Crippen LogP contribution in [0, 0.1) is 23.4 Å². The highest BCUT2D eigenvalue weighted by Crippen LogP contribution is 2.28. The second-order valence-corrected chi connectivity index (χ2v) is 6.86. The molecule has 1 aliphatic rings. The minimum Gasteiger partial charge on any atom is -0.323 e. The fourth-order valence-corrected chi connectivity index (χ4v) is 3.03. The molecule has 3 rings (SSSR count). The number of rotatable bonds is 4. The third-order valence-electron chi connectivity index (χ3n) is 4.66. The number of carbonyl (C=O) groups excluding carboxylic acids is 2. The van der Waals surface area contributed by atoms with Crippen molar-refractivity contribution in [2.75, 3.05) is 16.8 Å². The maximum absolute atomic E-state index is 13.7. The summed E-state index contributed by atoms with van der Waals surface area (Å²) in [4.78, 5) is 26.1. The van der Waals surface area contributed by atoms with Crippen LogP contribution < -0.4 is 10.2 Å². The largest absolute Gasteiger partial charge is 0.323 e. The Morgan fingerprint density at radius 3 is 2.37 bits per heavy atom. The van der Waals surface area contributed by atoms with E-state index in [1.807, 2.05) is 24.3 Å². The quantitative estimate of drug-likeness (QED) is 0.813. The summed E-state index contributed by atoms with van der Waals surface area (Å²) in [6.07, 6.45) is -0.0386. The maximum atomic E-state index is 13.7. The molecule has 142 valence electrons. The topological polar surface area (TPSA) is 49.4 Å². The zero-order chi connectivity index (χ0) is 19.7. The van der Waals surface area contributed by atoms with Crippen molar-refractivity contribution in [1.29, 1.82) is 0 Å². The van der Waals surface area contributed by atoms with Crippen LogP contribution in [-0.4, -0.2) is 18.4 Å². The van der Waals surface area contributed by atoms with Crippen LogP contribution in [0.5, 0.6) is 0 Å². The predicted molar refractivity (Wildman–Crippen MR) is 95.9 cm³/mol. The molecule has 0 bridgehead atoms. The van der Waals surface area contributed by atoms with Gasteiger partial charge in [0.05, 0.1) is 11.6 Å². The maximum Gasteiger partial charge on any atom is 0.229 e. The Kier molecular flexibility index (Phi) is 5.21. The van der Waals surface area contributed by atoms with Gasteiger partial charge in [-0.1, -0.05) is 26.0 Å². The van der Waals surface area contributed by atoms with Gasteiger partial charge in [-0.2, -0.15) is 0 Å². The molecule has 1 saturated heterocycles. The van der Waals surface area contributed by atoms with Gasteiger partial charge >= 0.3 is 0 Å². The number of carbonyl (C=O) groups is 2. The second-order valence-electron chi connectivity index (χ2n) is 6.86. The molecule has 1 aliphatic heterocycles. The highest BCUT2D eigenvalue weighted by atomic mass is 19.2. The fourth-order valence-electron chi connectivity index (χ4n) is 3.03. The monoisotopic (exact) mass is 376 g/mol. The molecule has 1 fully saturated rings. The van der Waals surface area contributed by atoms with Gasteiger partial charge in [-0.25, -0.2) is 13.2 Å². The lowest BCUT2D eigenvalue weighted by molar-refractivity contribution is -0.122. The third kappa shape index (κ3) is 3.82. The number of nitrogens with zero attached hydrogens (tertiary/aromatic N) is 1. The van der Waals surface area contributed by atoms with Gasteiger partial charge in [0.25, 0.3) is 0 Å². The lowest BCUT2D eigenvalue weighted by Gasteiger charge is -2.18. The minimum absolute atomic E-state index is 0.0386. The van der Waals surface area contributed by atoms with Crippen LogP contribution in [0.4, 0.5) is 24.5 Å². The molecule has 1 N–H and O–H groups in total. The zero-order valence-corrected chi connectivity index (χ0v) is 14.9. The van der Waals surface area contributed by atoms with Crippen LogP contribution >= 0.6 is 0 Å². The summed E-state index contributed by atoms with van der Waals surface area (Å²) in [7, 11) is 0. The van der Waals surface area contributed by atoms with Crippen molar-refractivity contribution in [2.24, 2.45) is 5.92 Å². The standard InChI is InChI=1S/C20H19F3N2O2/c1-11(2)12-3-5-14(6-4-12)25-10-13(9-17(25)26)20(27)24-16-8-7-15(21)18(22)19(16)23/h3-8,11,13H,9-10H2,1-2H3,(H,24,27). The van der Waals surface area contributed by atoms with E-state index in [0.29, 0.717) is 11.6 Å². The molecular formula is C20H19F3N2O2. The first-order valence-electron chi connectivity index (χ1n) is 8.62. The molecule has 0 aliphatic carbocycles. The molecule has 0 spiro atoms. The van der Waals surface area contributed by atoms with Crippen molar-refractivity contribution < 1.29 is 22.8 Å². The summed E-state index contributed by atoms with van der Waals surface area (Å²) in [5.41, 5.74) is 1.36. The number of halogens is 3. The number of hydrogen-bond donors (Lipinski definition) is 1. The van der Waals surface area contributed by atoms with E-state index in [2.05, 4.69) is 19.2 Å². The third-order valence-corrected chi connectivity index (χ3v) is 4.66. The van der Waals surface area contributed by atoms with Gasteiger partial charge in [-0.05, 0) is 35.7 Å². The van der Waals surface area contributed by atoms with Gasteiger partial charge in [-0.15, -0.1) is 0 Å². The van der Waals surface area contributed by atoms with Gasteiger partial charge in [-0.3, -0.25) is 9.59 Å². The Labute approximate surface area is 155 Å². The van der Waals surface area contributed by atoms with E-state index in [1.54, 1.807) is 0 Å². The SMILES string of the molecule is CC(C)c1ccc(N2CC(C(=O)Nc3ccc(F)c(F)c3F)CC2=O)cc1. The number of amides is 2. The normalized spacial score (nSPS) is 16.9. The first kappa shape index (κ1) is 18.9. The molecule has 4 nitrogen and oxygen atoms in total. The molecule has 1 atom stereocenters. The molecule has 0 saturated carbocycles. The number of hydrogen-bond acceptors (Lipinski definition) is 2. The summed E-state index contributed by atoms with van der Waals surface area (Å²) >= 11 is 0. The molecule has 2 aromatic rings. The highest BCUT2D eigenvalue weighted by Gasteiger charge is 2.35. The van der Waals surface area contributed by atoms with Gasteiger partial charge in [0.2, 0.25) is 11.8 Å². The summed E-state index contributed by atoms with van der Waals surface area (Å²) in [5.74, 6) is -5.64. The minimum atomic E-state index is -1.65. The Morgan fingerprint density at radius 2 is 1.74 bits per heavy atom. The lowest BCUT2D eigenvalue weighted by atomic mass is 10.0. The fraction of sp³-hybridized carbons (Fsp3) is 0.300. The summed E-state index contributed by atoms with van der Waals surface area (Å²) in [6, 6.07) is 9.18. The van der Waals surface area contributed by atoms with Crippen LogP contribution in [0.15, 0.2) is 36.4 Å². The predicted octanol–water partition coefficient (Wildman–Crippen LogP) is 4.22. The summed E-state index contributed by atoms with van der Waals surface area (Å²) in [6.45, 7) is 4.26. The molecule has 2 amide bonds. The summed E-state index contributed by atoms with van der Waals surface area (Å²) < 4.78 is 40.0. The molecule has 1 unspecified atom stereocenters. The van der Waals surface area contributed by atoms with Crippen LogP contribution in [0.1, 0.15) is 31.7 Å². The van der Waals surface area contributed by atoms with Crippen molar-refractivity contribution in [2.45, 2.75) is 26.2 Å². The van der Waals surface area contributed by atoms with Gasteiger partial charge in [0, 0.05) is 18.7 Å². The van der Waals surface area contributed by atoms with E-state index in [9.17, 15) is 22.8 Å². The van der Waals surface area contributed by atoms with Gasteiger partial charge in [0.1, 0.15) is 0 Å². The smallest absolute Gasteiger partial charge is 0.229 e. The average Bonchev–Trinajstić information content (AvgIpc) is 3.04. The van der Waals surface area contributed by atoms with Crippen molar-refractivity contribution >= 4 is 23.2 Å². The van der Waals surface area contributed by atoms with Gasteiger partial charge in [0.15, 0.2) is 17.5 Å². The molecule has 0 aromatic heterocycles. The first-order chi connectivity index (χ1) is 12.8. The Balaban J connectivity index is 1.71. The summed E-state index contributed by atoms with van der Waals surface area (Å²) in [5, 5.41) is 2.24. The Morgan fingerprint density at radius 1 is 1.07 bits per heavy atom. The van der Waals surface area contributed by atoms with Crippen molar-refractivity contribution in [1.82, 2.24) is 0 Å².